The summed E-state index contributed by atoms with van der Waals surface area (Å²) >= 11 is 9.82. The van der Waals surface area contributed by atoms with Crippen molar-refractivity contribution < 1.29 is 8.42 Å². The first-order valence-corrected chi connectivity index (χ1v) is 7.76. The molecule has 2 aromatic rings. The number of hydrogen-bond acceptors (Lipinski definition) is 5. The third-order valence-corrected chi connectivity index (χ3v) is 5.91. The SMILES string of the molecule is O=S(=O)(Nc1cnc(Cl)cn1)c1sccc1Br. The molecule has 0 aliphatic rings. The predicted molar refractivity (Wildman–Crippen MR) is 69.9 cm³/mol. The minimum absolute atomic E-state index is 0.120. The van der Waals surface area contributed by atoms with Crippen molar-refractivity contribution >= 4 is 54.7 Å². The Bertz CT molecular complexity index is 626. The van der Waals surface area contributed by atoms with Crippen LogP contribution < -0.4 is 4.72 Å². The Kier molecular flexibility index (Phi) is 3.67. The van der Waals surface area contributed by atoms with E-state index in [0.29, 0.717) is 4.47 Å². The van der Waals surface area contributed by atoms with Crippen molar-refractivity contribution in [2.24, 2.45) is 0 Å². The maximum absolute atomic E-state index is 11.9. The quantitative estimate of drug-likeness (QED) is 0.920. The van der Waals surface area contributed by atoms with Crippen molar-refractivity contribution in [2.45, 2.75) is 4.21 Å². The van der Waals surface area contributed by atoms with Crippen LogP contribution in [-0.4, -0.2) is 18.4 Å². The molecule has 0 unspecified atom stereocenters. The maximum atomic E-state index is 11.9. The standard InChI is InChI=1S/C8H5BrClN3O2S2/c9-5-1-2-16-8(5)17(14,15)13-7-4-11-6(10)3-12-7/h1-4H,(H,12,13). The fourth-order valence-electron chi connectivity index (χ4n) is 1.02. The van der Waals surface area contributed by atoms with E-state index in [9.17, 15) is 8.42 Å². The average Bonchev–Trinajstić information content (AvgIpc) is 2.68. The molecule has 1 N–H and O–H groups in total. The van der Waals surface area contributed by atoms with Crippen LogP contribution in [0.25, 0.3) is 0 Å². The Morgan fingerprint density at radius 2 is 2.12 bits per heavy atom. The van der Waals surface area contributed by atoms with E-state index in [4.69, 9.17) is 11.6 Å². The Morgan fingerprint density at radius 1 is 1.35 bits per heavy atom. The molecular weight excluding hydrogens is 350 g/mol. The third kappa shape index (κ3) is 2.95. The van der Waals surface area contributed by atoms with Crippen molar-refractivity contribution in [2.75, 3.05) is 4.72 Å². The summed E-state index contributed by atoms with van der Waals surface area (Å²) in [7, 11) is -3.64. The molecule has 0 radical (unpaired) electrons. The lowest BCUT2D eigenvalue weighted by Crippen LogP contribution is -2.13. The first kappa shape index (κ1) is 12.7. The van der Waals surface area contributed by atoms with Gasteiger partial charge in [-0.15, -0.1) is 11.3 Å². The number of aromatic nitrogens is 2. The van der Waals surface area contributed by atoms with Gasteiger partial charge in [0.15, 0.2) is 10.0 Å². The zero-order valence-electron chi connectivity index (χ0n) is 8.09. The summed E-state index contributed by atoms with van der Waals surface area (Å²) in [6.07, 6.45) is 2.52. The number of anilines is 1. The van der Waals surface area contributed by atoms with Gasteiger partial charge in [-0.05, 0) is 27.4 Å². The average molecular weight is 355 g/mol. The van der Waals surface area contributed by atoms with Gasteiger partial charge in [-0.3, -0.25) is 4.72 Å². The molecule has 0 amide bonds. The van der Waals surface area contributed by atoms with Crippen LogP contribution in [0.2, 0.25) is 5.15 Å². The molecule has 0 aliphatic carbocycles. The van der Waals surface area contributed by atoms with Crippen LogP contribution in [0.4, 0.5) is 5.82 Å². The van der Waals surface area contributed by atoms with Gasteiger partial charge in [0, 0.05) is 4.47 Å². The summed E-state index contributed by atoms with van der Waals surface area (Å²) in [5.41, 5.74) is 0. The van der Waals surface area contributed by atoms with Gasteiger partial charge >= 0.3 is 0 Å². The molecule has 0 aliphatic heterocycles. The van der Waals surface area contributed by atoms with Crippen LogP contribution in [0, 0.1) is 0 Å². The van der Waals surface area contributed by atoms with Crippen molar-refractivity contribution in [1.82, 2.24) is 9.97 Å². The largest absolute Gasteiger partial charge is 0.273 e. The summed E-state index contributed by atoms with van der Waals surface area (Å²) < 4.78 is 26.9. The smallest absolute Gasteiger partial charge is 0.261 e. The normalized spacial score (nSPS) is 11.4. The number of nitrogens with one attached hydrogen (secondary N) is 1. The van der Waals surface area contributed by atoms with Gasteiger partial charge in [0.25, 0.3) is 10.0 Å². The molecule has 2 rings (SSSR count). The van der Waals surface area contributed by atoms with Crippen molar-refractivity contribution in [3.63, 3.8) is 0 Å². The second-order valence-electron chi connectivity index (χ2n) is 2.89. The second-order valence-corrected chi connectivity index (χ2v) is 6.92. The van der Waals surface area contributed by atoms with E-state index in [-0.39, 0.29) is 15.2 Å². The van der Waals surface area contributed by atoms with Crippen LogP contribution >= 0.6 is 38.9 Å². The Labute approximate surface area is 115 Å². The molecule has 2 aromatic heterocycles. The summed E-state index contributed by atoms with van der Waals surface area (Å²) in [6.45, 7) is 0. The first-order valence-electron chi connectivity index (χ1n) is 4.22. The Morgan fingerprint density at radius 3 is 2.65 bits per heavy atom. The molecular formula is C8H5BrClN3O2S2. The van der Waals surface area contributed by atoms with Crippen LogP contribution in [0.1, 0.15) is 0 Å². The Balaban J connectivity index is 2.30. The molecule has 0 aromatic carbocycles. The fourth-order valence-corrected chi connectivity index (χ4v) is 4.45. The molecule has 17 heavy (non-hydrogen) atoms. The molecule has 9 heteroatoms. The number of rotatable bonds is 3. The summed E-state index contributed by atoms with van der Waals surface area (Å²) in [5, 5.41) is 1.87. The van der Waals surface area contributed by atoms with Gasteiger partial charge < -0.3 is 0 Å². The monoisotopic (exact) mass is 353 g/mol. The van der Waals surface area contributed by atoms with Crippen molar-refractivity contribution in [1.29, 1.82) is 0 Å². The number of halogens is 2. The fraction of sp³-hybridized carbons (Fsp3) is 0. The molecule has 0 saturated carbocycles. The second kappa shape index (κ2) is 4.89. The van der Waals surface area contributed by atoms with Gasteiger partial charge in [0.1, 0.15) is 5.15 Å². The minimum atomic E-state index is -3.64. The molecule has 5 nitrogen and oxygen atoms in total. The first-order chi connectivity index (χ1) is 7.99. The van der Waals surface area contributed by atoms with Crippen molar-refractivity contribution in [3.8, 4) is 0 Å². The van der Waals surface area contributed by atoms with E-state index in [2.05, 4.69) is 30.6 Å². The highest BCUT2D eigenvalue weighted by molar-refractivity contribution is 9.10. The van der Waals surface area contributed by atoms with Crippen LogP contribution in [0.5, 0.6) is 0 Å². The van der Waals surface area contributed by atoms with Crippen LogP contribution in [0.3, 0.4) is 0 Å². The van der Waals surface area contributed by atoms with E-state index in [0.717, 1.165) is 11.3 Å². The third-order valence-electron chi connectivity index (χ3n) is 1.69. The van der Waals surface area contributed by atoms with E-state index >= 15 is 0 Å². The molecule has 0 atom stereocenters. The molecule has 0 fully saturated rings. The van der Waals surface area contributed by atoms with E-state index in [1.54, 1.807) is 11.4 Å². The highest BCUT2D eigenvalue weighted by Gasteiger charge is 2.19. The lowest BCUT2D eigenvalue weighted by atomic mass is 10.7. The van der Waals surface area contributed by atoms with Gasteiger partial charge in [0.05, 0.1) is 12.4 Å². The molecule has 90 valence electrons. The highest BCUT2D eigenvalue weighted by atomic mass is 79.9. The summed E-state index contributed by atoms with van der Waals surface area (Å²) in [5.74, 6) is 0.120. The van der Waals surface area contributed by atoms with Crippen LogP contribution in [0.15, 0.2) is 32.5 Å². The van der Waals surface area contributed by atoms with Crippen molar-refractivity contribution in [3.05, 3.63) is 33.5 Å². The van der Waals surface area contributed by atoms with E-state index in [1.165, 1.54) is 12.4 Å². The molecule has 0 spiro atoms. The summed E-state index contributed by atoms with van der Waals surface area (Å²) in [4.78, 5) is 7.54. The van der Waals surface area contributed by atoms with Gasteiger partial charge in [-0.1, -0.05) is 11.6 Å². The van der Waals surface area contributed by atoms with Gasteiger partial charge in [0.2, 0.25) is 0 Å². The van der Waals surface area contributed by atoms with E-state index in [1.807, 2.05) is 0 Å². The van der Waals surface area contributed by atoms with Gasteiger partial charge in [-0.25, -0.2) is 18.4 Å². The lowest BCUT2D eigenvalue weighted by Gasteiger charge is -2.05. The lowest BCUT2D eigenvalue weighted by molar-refractivity contribution is 0.602. The number of nitrogens with zero attached hydrogens (tertiary/aromatic N) is 2. The zero-order chi connectivity index (χ0) is 12.5. The highest BCUT2D eigenvalue weighted by Crippen LogP contribution is 2.28. The number of sulfonamides is 1. The topological polar surface area (TPSA) is 72.0 Å². The number of hydrogen-bond donors (Lipinski definition) is 1. The molecule has 0 saturated heterocycles. The zero-order valence-corrected chi connectivity index (χ0v) is 12.1. The maximum Gasteiger partial charge on any atom is 0.273 e. The predicted octanol–water partition coefficient (Wildman–Crippen LogP) is 2.75. The van der Waals surface area contributed by atoms with Crippen LogP contribution in [-0.2, 0) is 10.0 Å². The Hall–Kier alpha value is -0.700. The molecule has 0 bridgehead atoms. The molecule has 2 heterocycles. The minimum Gasteiger partial charge on any atom is -0.261 e. The van der Waals surface area contributed by atoms with Gasteiger partial charge in [-0.2, -0.15) is 0 Å². The summed E-state index contributed by atoms with van der Waals surface area (Å²) in [6, 6.07) is 1.66. The van der Waals surface area contributed by atoms with E-state index < -0.39 is 10.0 Å². The number of thiophene rings is 1.